The van der Waals surface area contributed by atoms with Gasteiger partial charge in [0.25, 0.3) is 0 Å². The highest BCUT2D eigenvalue weighted by molar-refractivity contribution is 9.10. The first-order valence-electron chi connectivity index (χ1n) is 11.4. The van der Waals surface area contributed by atoms with Gasteiger partial charge in [-0.25, -0.2) is 0 Å². The molecule has 1 N–H and O–H groups in total. The van der Waals surface area contributed by atoms with Crippen LogP contribution in [0.5, 0.6) is 0 Å². The molecule has 4 aromatic rings. The lowest BCUT2D eigenvalue weighted by molar-refractivity contribution is -0.137. The summed E-state index contributed by atoms with van der Waals surface area (Å²) < 4.78 is 0.947. The Morgan fingerprint density at radius 3 is 2.29 bits per heavy atom. The molecule has 1 aliphatic heterocycles. The van der Waals surface area contributed by atoms with Gasteiger partial charge < -0.3 is 4.90 Å². The van der Waals surface area contributed by atoms with Crippen LogP contribution in [-0.4, -0.2) is 39.5 Å². The predicted molar refractivity (Wildman–Crippen MR) is 141 cm³/mol. The summed E-state index contributed by atoms with van der Waals surface area (Å²) in [4.78, 5) is 28.8. The Labute approximate surface area is 216 Å². The number of nitrogens with one attached hydrogen (secondary N) is 1. The van der Waals surface area contributed by atoms with Gasteiger partial charge in [-0.2, -0.15) is 0 Å². The number of hydrogen-bond donors (Lipinski definition) is 1. The summed E-state index contributed by atoms with van der Waals surface area (Å²) in [7, 11) is 0. The summed E-state index contributed by atoms with van der Waals surface area (Å²) in [6.45, 7) is 0.548. The van der Waals surface area contributed by atoms with Gasteiger partial charge in [0.1, 0.15) is 11.0 Å². The number of halogens is 1. The SMILES string of the molecule is O=C(Nc1nnc(-c2cccc(Br)c2)s1)C1CCCN1C(=O)C(c1ccccc1)c1ccccc1. The van der Waals surface area contributed by atoms with E-state index in [9.17, 15) is 9.59 Å². The van der Waals surface area contributed by atoms with E-state index in [1.165, 1.54) is 11.3 Å². The molecule has 1 atom stereocenters. The quantitative estimate of drug-likeness (QED) is 0.335. The zero-order chi connectivity index (χ0) is 24.2. The van der Waals surface area contributed by atoms with Gasteiger partial charge in [0.2, 0.25) is 16.9 Å². The molecule has 6 nitrogen and oxygen atoms in total. The van der Waals surface area contributed by atoms with Gasteiger partial charge in [0.05, 0.1) is 5.92 Å². The third-order valence-electron chi connectivity index (χ3n) is 6.08. The lowest BCUT2D eigenvalue weighted by Crippen LogP contribution is -2.45. The fraction of sp³-hybridized carbons (Fsp3) is 0.185. The fourth-order valence-electron chi connectivity index (χ4n) is 4.44. The highest BCUT2D eigenvalue weighted by atomic mass is 79.9. The van der Waals surface area contributed by atoms with Gasteiger partial charge in [0.15, 0.2) is 0 Å². The monoisotopic (exact) mass is 546 g/mol. The molecule has 5 rings (SSSR count). The Morgan fingerprint density at radius 2 is 1.63 bits per heavy atom. The topological polar surface area (TPSA) is 75.2 Å². The van der Waals surface area contributed by atoms with E-state index in [0.29, 0.717) is 23.1 Å². The normalized spacial score (nSPS) is 15.4. The molecule has 0 saturated carbocycles. The summed E-state index contributed by atoms with van der Waals surface area (Å²) in [6.07, 6.45) is 1.39. The van der Waals surface area contributed by atoms with Crippen molar-refractivity contribution in [2.45, 2.75) is 24.8 Å². The predicted octanol–water partition coefficient (Wildman–Crippen LogP) is 5.73. The van der Waals surface area contributed by atoms with Crippen LogP contribution in [-0.2, 0) is 9.59 Å². The molecule has 3 aromatic carbocycles. The minimum absolute atomic E-state index is 0.0628. The van der Waals surface area contributed by atoms with Crippen LogP contribution in [0.2, 0.25) is 0 Å². The summed E-state index contributed by atoms with van der Waals surface area (Å²) >= 11 is 4.78. The average molecular weight is 547 g/mol. The number of benzene rings is 3. The van der Waals surface area contributed by atoms with Gasteiger partial charge in [-0.3, -0.25) is 14.9 Å². The van der Waals surface area contributed by atoms with Gasteiger partial charge in [0, 0.05) is 16.6 Å². The number of hydrogen-bond acceptors (Lipinski definition) is 5. The second-order valence-electron chi connectivity index (χ2n) is 8.36. The van der Waals surface area contributed by atoms with Gasteiger partial charge in [-0.05, 0) is 36.1 Å². The first-order valence-corrected chi connectivity index (χ1v) is 13.0. The summed E-state index contributed by atoms with van der Waals surface area (Å²) in [6, 6.07) is 26.7. The van der Waals surface area contributed by atoms with Crippen molar-refractivity contribution in [2.24, 2.45) is 0 Å². The first-order chi connectivity index (χ1) is 17.1. The van der Waals surface area contributed by atoms with Crippen molar-refractivity contribution in [1.82, 2.24) is 15.1 Å². The number of aromatic nitrogens is 2. The minimum atomic E-state index is -0.546. The maximum Gasteiger partial charge on any atom is 0.249 e. The Kier molecular flexibility index (Phi) is 7.01. The Bertz CT molecular complexity index is 1290. The van der Waals surface area contributed by atoms with Crippen LogP contribution in [0.4, 0.5) is 5.13 Å². The maximum absolute atomic E-state index is 13.9. The van der Waals surface area contributed by atoms with E-state index in [4.69, 9.17) is 0 Å². The standard InChI is InChI=1S/C27H23BrN4O2S/c28-21-14-7-13-20(17-21)25-30-31-27(35-25)29-24(33)22-15-8-16-32(22)26(34)23(18-9-3-1-4-10-18)19-11-5-2-6-12-19/h1-7,9-14,17,22-23H,8,15-16H2,(H,29,31,33). The van der Waals surface area contributed by atoms with Crippen LogP contribution in [0, 0.1) is 0 Å². The molecule has 1 aromatic heterocycles. The molecule has 1 aliphatic rings. The molecule has 0 spiro atoms. The van der Waals surface area contributed by atoms with Crippen molar-refractivity contribution >= 4 is 44.2 Å². The van der Waals surface area contributed by atoms with Crippen molar-refractivity contribution in [3.8, 4) is 10.6 Å². The maximum atomic E-state index is 13.9. The lowest BCUT2D eigenvalue weighted by atomic mass is 9.90. The van der Waals surface area contributed by atoms with E-state index in [2.05, 4.69) is 31.4 Å². The van der Waals surface area contributed by atoms with Crippen LogP contribution in [0.15, 0.2) is 89.4 Å². The van der Waals surface area contributed by atoms with Crippen LogP contribution in [0.3, 0.4) is 0 Å². The molecule has 8 heteroatoms. The molecule has 1 saturated heterocycles. The number of amides is 2. The molecular formula is C27H23BrN4O2S. The Morgan fingerprint density at radius 1 is 0.943 bits per heavy atom. The molecule has 2 heterocycles. The molecule has 35 heavy (non-hydrogen) atoms. The van der Waals surface area contributed by atoms with E-state index in [1.54, 1.807) is 4.90 Å². The number of likely N-dealkylation sites (tertiary alicyclic amines) is 1. The molecule has 1 unspecified atom stereocenters. The molecule has 176 valence electrons. The van der Waals surface area contributed by atoms with Crippen LogP contribution in [0.25, 0.3) is 10.6 Å². The van der Waals surface area contributed by atoms with Crippen molar-refractivity contribution in [2.75, 3.05) is 11.9 Å². The van der Waals surface area contributed by atoms with Gasteiger partial charge >= 0.3 is 0 Å². The lowest BCUT2D eigenvalue weighted by Gasteiger charge is -2.28. The van der Waals surface area contributed by atoms with E-state index in [-0.39, 0.29) is 11.8 Å². The Hall–Kier alpha value is -3.36. The second-order valence-corrected chi connectivity index (χ2v) is 10.2. The summed E-state index contributed by atoms with van der Waals surface area (Å²) in [5.74, 6) is -0.754. The third-order valence-corrected chi connectivity index (χ3v) is 7.46. The number of anilines is 1. The smallest absolute Gasteiger partial charge is 0.249 e. The van der Waals surface area contributed by atoms with Crippen LogP contribution < -0.4 is 5.32 Å². The van der Waals surface area contributed by atoms with Crippen molar-refractivity contribution in [1.29, 1.82) is 0 Å². The number of nitrogens with zero attached hydrogens (tertiary/aromatic N) is 3. The highest BCUT2D eigenvalue weighted by Gasteiger charge is 2.38. The molecule has 0 bridgehead atoms. The summed E-state index contributed by atoms with van der Waals surface area (Å²) in [5, 5.41) is 12.4. The molecular weight excluding hydrogens is 524 g/mol. The molecule has 2 amide bonds. The zero-order valence-corrected chi connectivity index (χ0v) is 21.2. The number of carbonyl (C=O) groups excluding carboxylic acids is 2. The van der Waals surface area contributed by atoms with Gasteiger partial charge in [-0.1, -0.05) is 100 Å². The number of carbonyl (C=O) groups is 2. The van der Waals surface area contributed by atoms with Crippen LogP contribution in [0.1, 0.15) is 29.9 Å². The third kappa shape index (κ3) is 5.18. The van der Waals surface area contributed by atoms with Crippen molar-refractivity contribution in [3.63, 3.8) is 0 Å². The van der Waals surface area contributed by atoms with Gasteiger partial charge in [-0.15, -0.1) is 10.2 Å². The molecule has 1 fully saturated rings. The van der Waals surface area contributed by atoms with E-state index in [1.807, 2.05) is 84.9 Å². The molecule has 0 aliphatic carbocycles. The van der Waals surface area contributed by atoms with Crippen molar-refractivity contribution < 1.29 is 9.59 Å². The summed E-state index contributed by atoms with van der Waals surface area (Å²) in [5.41, 5.74) is 2.75. The average Bonchev–Trinajstić information content (AvgIpc) is 3.56. The van der Waals surface area contributed by atoms with E-state index in [0.717, 1.165) is 27.6 Å². The highest BCUT2D eigenvalue weighted by Crippen LogP contribution is 2.32. The molecule has 0 radical (unpaired) electrons. The number of rotatable bonds is 6. The fourth-order valence-corrected chi connectivity index (χ4v) is 5.58. The Balaban J connectivity index is 1.35. The zero-order valence-electron chi connectivity index (χ0n) is 18.8. The van der Waals surface area contributed by atoms with E-state index >= 15 is 0 Å². The minimum Gasteiger partial charge on any atom is -0.330 e. The largest absolute Gasteiger partial charge is 0.330 e. The van der Waals surface area contributed by atoms with E-state index < -0.39 is 12.0 Å². The second kappa shape index (κ2) is 10.5. The van der Waals surface area contributed by atoms with Crippen molar-refractivity contribution in [3.05, 3.63) is 101 Å². The van der Waals surface area contributed by atoms with Crippen LogP contribution >= 0.6 is 27.3 Å². The first kappa shape index (κ1) is 23.4.